The summed E-state index contributed by atoms with van der Waals surface area (Å²) in [6, 6.07) is 9.03. The lowest BCUT2D eigenvalue weighted by Gasteiger charge is -2.36. The highest BCUT2D eigenvalue weighted by atomic mass is 16.5. The fourth-order valence-electron chi connectivity index (χ4n) is 3.98. The highest BCUT2D eigenvalue weighted by Crippen LogP contribution is 2.21. The molecular formula is C21H33N3O2. The molecule has 2 fully saturated rings. The second-order valence-electron chi connectivity index (χ2n) is 7.79. The maximum atomic E-state index is 12.8. The van der Waals surface area contributed by atoms with E-state index < -0.39 is 0 Å². The largest absolute Gasteiger partial charge is 0.375 e. The van der Waals surface area contributed by atoms with Gasteiger partial charge in [0.1, 0.15) is 0 Å². The molecule has 0 radical (unpaired) electrons. The maximum Gasteiger partial charge on any atom is 0.225 e. The summed E-state index contributed by atoms with van der Waals surface area (Å²) in [4.78, 5) is 19.7. The number of hydrogen-bond acceptors (Lipinski definition) is 4. The zero-order valence-electron chi connectivity index (χ0n) is 16.5. The molecule has 1 aromatic carbocycles. The molecule has 2 saturated heterocycles. The van der Waals surface area contributed by atoms with Gasteiger partial charge >= 0.3 is 0 Å². The third-order valence-electron chi connectivity index (χ3n) is 5.61. The van der Waals surface area contributed by atoms with E-state index in [-0.39, 0.29) is 12.0 Å². The van der Waals surface area contributed by atoms with Crippen molar-refractivity contribution in [2.45, 2.75) is 45.8 Å². The zero-order chi connectivity index (χ0) is 18.5. The van der Waals surface area contributed by atoms with Crippen molar-refractivity contribution in [1.29, 1.82) is 0 Å². The molecular weight excluding hydrogens is 326 g/mol. The molecule has 0 saturated carbocycles. The van der Waals surface area contributed by atoms with Crippen LogP contribution in [0.1, 0.15) is 32.3 Å². The van der Waals surface area contributed by atoms with E-state index in [1.165, 1.54) is 11.3 Å². The van der Waals surface area contributed by atoms with Crippen LogP contribution < -0.4 is 4.90 Å². The number of carbonyl (C=O) groups is 1. The van der Waals surface area contributed by atoms with Crippen molar-refractivity contribution >= 4 is 11.6 Å². The van der Waals surface area contributed by atoms with E-state index in [0.29, 0.717) is 12.5 Å². The number of hydrogen-bond donors (Lipinski definition) is 0. The van der Waals surface area contributed by atoms with Gasteiger partial charge in [-0.3, -0.25) is 9.69 Å². The van der Waals surface area contributed by atoms with Gasteiger partial charge in [0.05, 0.1) is 19.1 Å². The van der Waals surface area contributed by atoms with Crippen molar-refractivity contribution in [3.05, 3.63) is 29.8 Å². The number of carbonyl (C=O) groups excluding carboxylic acids is 1. The van der Waals surface area contributed by atoms with Gasteiger partial charge in [0.2, 0.25) is 5.91 Å². The second-order valence-corrected chi connectivity index (χ2v) is 7.79. The van der Waals surface area contributed by atoms with Crippen LogP contribution in [-0.2, 0) is 9.53 Å². The maximum absolute atomic E-state index is 12.8. The van der Waals surface area contributed by atoms with Gasteiger partial charge in [0.15, 0.2) is 0 Å². The highest BCUT2D eigenvalue weighted by molar-refractivity contribution is 5.77. The Balaban J connectivity index is 1.54. The first-order valence-corrected chi connectivity index (χ1v) is 9.98. The molecule has 3 rings (SSSR count). The van der Waals surface area contributed by atoms with Crippen LogP contribution in [0.4, 0.5) is 5.69 Å². The molecule has 0 bridgehead atoms. The molecule has 5 nitrogen and oxygen atoms in total. The van der Waals surface area contributed by atoms with Crippen molar-refractivity contribution in [3.63, 3.8) is 0 Å². The Morgan fingerprint density at radius 2 is 1.96 bits per heavy atom. The van der Waals surface area contributed by atoms with Crippen LogP contribution in [0, 0.1) is 6.92 Å². The number of aryl methyl sites for hydroxylation is 1. The average molecular weight is 360 g/mol. The Hall–Kier alpha value is -1.59. The van der Waals surface area contributed by atoms with Gasteiger partial charge < -0.3 is 14.5 Å². The van der Waals surface area contributed by atoms with E-state index in [4.69, 9.17) is 4.74 Å². The molecule has 1 aromatic rings. The standard InChI is InChI=1S/C21H33N3O2/c1-17(2)24-13-14-26-19(16-24)15-21(25)23-10-6-9-22(11-12-23)20-8-5-4-7-18(20)3/h4-5,7-8,17,19H,6,9-16H2,1-3H3/t19-/m1/s1. The van der Waals surface area contributed by atoms with Gasteiger partial charge in [-0.1, -0.05) is 18.2 Å². The fourth-order valence-corrected chi connectivity index (χ4v) is 3.98. The molecule has 144 valence electrons. The summed E-state index contributed by atoms with van der Waals surface area (Å²) in [6.07, 6.45) is 1.56. The van der Waals surface area contributed by atoms with Crippen LogP contribution in [0.25, 0.3) is 0 Å². The highest BCUT2D eigenvalue weighted by Gasteiger charge is 2.27. The first-order valence-electron chi connectivity index (χ1n) is 9.98. The van der Waals surface area contributed by atoms with E-state index in [9.17, 15) is 4.79 Å². The van der Waals surface area contributed by atoms with Crippen molar-refractivity contribution in [2.24, 2.45) is 0 Å². The van der Waals surface area contributed by atoms with Gasteiger partial charge in [0.25, 0.3) is 0 Å². The van der Waals surface area contributed by atoms with Crippen molar-refractivity contribution in [1.82, 2.24) is 9.80 Å². The molecule has 26 heavy (non-hydrogen) atoms. The van der Waals surface area contributed by atoms with Gasteiger partial charge in [-0.05, 0) is 38.8 Å². The normalized spacial score (nSPS) is 22.5. The van der Waals surface area contributed by atoms with E-state index in [1.807, 2.05) is 4.90 Å². The summed E-state index contributed by atoms with van der Waals surface area (Å²) in [5.41, 5.74) is 2.60. The van der Waals surface area contributed by atoms with Gasteiger partial charge in [-0.2, -0.15) is 0 Å². The average Bonchev–Trinajstić information content (AvgIpc) is 2.88. The zero-order valence-corrected chi connectivity index (χ0v) is 16.5. The SMILES string of the molecule is Cc1ccccc1N1CCCN(C(=O)C[C@@H]2CN(C(C)C)CCO2)CC1. The first-order chi connectivity index (χ1) is 12.5. The van der Waals surface area contributed by atoms with E-state index >= 15 is 0 Å². The second kappa shape index (κ2) is 8.87. The molecule has 0 aromatic heterocycles. The molecule has 0 unspecified atom stereocenters. The van der Waals surface area contributed by atoms with Crippen LogP contribution >= 0.6 is 0 Å². The number of para-hydroxylation sites is 1. The summed E-state index contributed by atoms with van der Waals surface area (Å²) >= 11 is 0. The molecule has 2 aliphatic rings. The van der Waals surface area contributed by atoms with Crippen molar-refractivity contribution in [3.8, 4) is 0 Å². The minimum absolute atomic E-state index is 0.0365. The topological polar surface area (TPSA) is 36.0 Å². The van der Waals surface area contributed by atoms with Crippen LogP contribution in [0.3, 0.4) is 0 Å². The van der Waals surface area contributed by atoms with Crippen LogP contribution in [0.5, 0.6) is 0 Å². The van der Waals surface area contributed by atoms with Gasteiger partial charge in [-0.15, -0.1) is 0 Å². The Kier molecular flexibility index (Phi) is 6.54. The van der Waals surface area contributed by atoms with E-state index in [0.717, 1.165) is 52.3 Å². The Morgan fingerprint density at radius 3 is 2.73 bits per heavy atom. The number of anilines is 1. The summed E-state index contributed by atoms with van der Waals surface area (Å²) in [7, 11) is 0. The number of morpholine rings is 1. The number of rotatable bonds is 4. The number of ether oxygens (including phenoxy) is 1. The predicted octanol–water partition coefficient (Wildman–Crippen LogP) is 2.53. The van der Waals surface area contributed by atoms with Crippen LogP contribution in [-0.4, -0.2) is 73.7 Å². The predicted molar refractivity (Wildman–Crippen MR) is 106 cm³/mol. The quantitative estimate of drug-likeness (QED) is 0.828. The Morgan fingerprint density at radius 1 is 1.15 bits per heavy atom. The fraction of sp³-hybridized carbons (Fsp3) is 0.667. The smallest absolute Gasteiger partial charge is 0.225 e. The van der Waals surface area contributed by atoms with Crippen LogP contribution in [0.15, 0.2) is 24.3 Å². The summed E-state index contributed by atoms with van der Waals surface area (Å²) in [5.74, 6) is 0.243. The summed E-state index contributed by atoms with van der Waals surface area (Å²) < 4.78 is 5.86. The third kappa shape index (κ3) is 4.77. The lowest BCUT2D eigenvalue weighted by Crippen LogP contribution is -2.47. The molecule has 0 N–H and O–H groups in total. The minimum Gasteiger partial charge on any atom is -0.375 e. The molecule has 5 heteroatoms. The number of benzene rings is 1. The minimum atomic E-state index is 0.0365. The molecule has 0 aliphatic carbocycles. The van der Waals surface area contributed by atoms with E-state index in [1.54, 1.807) is 0 Å². The number of nitrogens with zero attached hydrogens (tertiary/aromatic N) is 3. The van der Waals surface area contributed by atoms with Gasteiger partial charge in [0, 0.05) is 51.0 Å². The molecule has 1 atom stereocenters. The van der Waals surface area contributed by atoms with Crippen LogP contribution in [0.2, 0.25) is 0 Å². The van der Waals surface area contributed by atoms with E-state index in [2.05, 4.69) is 54.8 Å². The Bertz CT molecular complexity index is 605. The molecule has 0 spiro atoms. The summed E-state index contributed by atoms with van der Waals surface area (Å²) in [6.45, 7) is 12.7. The first kappa shape index (κ1) is 19.2. The molecule has 2 heterocycles. The number of amides is 1. The van der Waals surface area contributed by atoms with Crippen molar-refractivity contribution < 1.29 is 9.53 Å². The molecule has 2 aliphatic heterocycles. The summed E-state index contributed by atoms with van der Waals surface area (Å²) in [5, 5.41) is 0. The third-order valence-corrected chi connectivity index (χ3v) is 5.61. The Labute approximate surface area is 157 Å². The monoisotopic (exact) mass is 359 g/mol. The van der Waals surface area contributed by atoms with Gasteiger partial charge in [-0.25, -0.2) is 0 Å². The lowest BCUT2D eigenvalue weighted by molar-refractivity contribution is -0.136. The van der Waals surface area contributed by atoms with Crippen molar-refractivity contribution in [2.75, 3.05) is 50.8 Å². The molecule has 1 amide bonds. The lowest BCUT2D eigenvalue weighted by atomic mass is 10.1.